The number of aliphatic hydroxyl groups is 1. The van der Waals surface area contributed by atoms with Gasteiger partial charge in [-0.1, -0.05) is 25.4 Å². The first-order valence-corrected chi connectivity index (χ1v) is 8.27. The van der Waals surface area contributed by atoms with E-state index in [2.05, 4.69) is 4.72 Å². The van der Waals surface area contributed by atoms with E-state index in [1.165, 1.54) is 6.92 Å². The molecule has 4 N–H and O–H groups in total. The maximum absolute atomic E-state index is 13.8. The van der Waals surface area contributed by atoms with Crippen LogP contribution in [0.15, 0.2) is 17.0 Å². The van der Waals surface area contributed by atoms with Gasteiger partial charge in [-0.2, -0.15) is 0 Å². The van der Waals surface area contributed by atoms with Crippen molar-refractivity contribution in [2.24, 2.45) is 5.92 Å². The van der Waals surface area contributed by atoms with E-state index < -0.39 is 26.3 Å². The fourth-order valence-corrected chi connectivity index (χ4v) is 3.64. The van der Waals surface area contributed by atoms with Crippen molar-refractivity contribution in [3.8, 4) is 0 Å². The third-order valence-corrected chi connectivity index (χ3v) is 4.43. The molecular weight excluding hydrogens is 319 g/mol. The standard InChI is InChI=1S/C13H20ClFN2O3S/c1-8(2)6-13(3,18)7-17-21(19,20)11-5-9(14)4-10(16)12(11)15/h4-5,8,17-18H,6-7,16H2,1-3H3. The molecule has 0 fully saturated rings. The summed E-state index contributed by atoms with van der Waals surface area (Å²) in [6.45, 7) is 5.08. The molecule has 0 spiro atoms. The maximum atomic E-state index is 13.8. The normalized spacial score (nSPS) is 15.2. The smallest absolute Gasteiger partial charge is 0.243 e. The Hall–Kier alpha value is -0.890. The van der Waals surface area contributed by atoms with Crippen LogP contribution in [0.4, 0.5) is 10.1 Å². The topological polar surface area (TPSA) is 92.4 Å². The zero-order valence-electron chi connectivity index (χ0n) is 12.2. The van der Waals surface area contributed by atoms with Crippen molar-refractivity contribution >= 4 is 27.3 Å². The van der Waals surface area contributed by atoms with Gasteiger partial charge >= 0.3 is 0 Å². The predicted octanol–water partition coefficient (Wildman–Crippen LogP) is 2.14. The minimum absolute atomic E-state index is 0.0169. The SMILES string of the molecule is CC(C)CC(C)(O)CNS(=O)(=O)c1cc(Cl)cc(N)c1F. The van der Waals surface area contributed by atoms with Crippen LogP contribution in [0.1, 0.15) is 27.2 Å². The molecule has 0 heterocycles. The van der Waals surface area contributed by atoms with Crippen molar-refractivity contribution in [1.29, 1.82) is 0 Å². The highest BCUT2D eigenvalue weighted by atomic mass is 35.5. The number of hydrogen-bond donors (Lipinski definition) is 3. The van der Waals surface area contributed by atoms with E-state index in [0.717, 1.165) is 12.1 Å². The van der Waals surface area contributed by atoms with Gasteiger partial charge in [0.1, 0.15) is 4.90 Å². The van der Waals surface area contributed by atoms with E-state index in [0.29, 0.717) is 6.42 Å². The van der Waals surface area contributed by atoms with E-state index in [1.807, 2.05) is 13.8 Å². The third-order valence-electron chi connectivity index (χ3n) is 2.81. The molecule has 0 aliphatic rings. The van der Waals surface area contributed by atoms with Crippen LogP contribution < -0.4 is 10.5 Å². The molecule has 1 aromatic carbocycles. The summed E-state index contributed by atoms with van der Waals surface area (Å²) in [4.78, 5) is -0.632. The van der Waals surface area contributed by atoms with Crippen molar-refractivity contribution < 1.29 is 17.9 Å². The Kier molecular flexibility index (Phi) is 5.60. The minimum atomic E-state index is -4.15. The summed E-state index contributed by atoms with van der Waals surface area (Å²) in [6, 6.07) is 2.11. The van der Waals surface area contributed by atoms with Crippen molar-refractivity contribution in [2.45, 2.75) is 37.7 Å². The summed E-state index contributed by atoms with van der Waals surface area (Å²) >= 11 is 5.70. The number of anilines is 1. The summed E-state index contributed by atoms with van der Waals surface area (Å²) in [6.07, 6.45) is 0.398. The van der Waals surface area contributed by atoms with E-state index in [9.17, 15) is 17.9 Å². The Morgan fingerprint density at radius 2 is 2.05 bits per heavy atom. The average Bonchev–Trinajstić information content (AvgIpc) is 2.30. The number of sulfonamides is 1. The fourth-order valence-electron chi connectivity index (χ4n) is 2.06. The molecule has 0 bridgehead atoms. The Bertz CT molecular complexity index is 618. The Morgan fingerprint density at radius 3 is 2.57 bits per heavy atom. The van der Waals surface area contributed by atoms with Gasteiger partial charge in [-0.05, 0) is 31.4 Å². The molecule has 5 nitrogen and oxygen atoms in total. The van der Waals surface area contributed by atoms with E-state index in [4.69, 9.17) is 17.3 Å². The molecule has 8 heteroatoms. The summed E-state index contributed by atoms with van der Waals surface area (Å²) in [7, 11) is -4.15. The van der Waals surface area contributed by atoms with Gasteiger partial charge < -0.3 is 10.8 Å². The molecule has 0 aliphatic carbocycles. The van der Waals surface area contributed by atoms with Crippen LogP contribution in [0.25, 0.3) is 0 Å². The number of benzene rings is 1. The quantitative estimate of drug-likeness (QED) is 0.693. The molecule has 0 aromatic heterocycles. The number of nitrogens with two attached hydrogens (primary N) is 1. The second kappa shape index (κ2) is 6.48. The molecule has 21 heavy (non-hydrogen) atoms. The molecule has 1 unspecified atom stereocenters. The Morgan fingerprint density at radius 1 is 1.48 bits per heavy atom. The lowest BCUT2D eigenvalue weighted by molar-refractivity contribution is 0.0436. The van der Waals surface area contributed by atoms with Crippen LogP contribution in [0.3, 0.4) is 0 Å². The lowest BCUT2D eigenvalue weighted by Crippen LogP contribution is -2.41. The second-order valence-electron chi connectivity index (χ2n) is 5.73. The molecular formula is C13H20ClFN2O3S. The van der Waals surface area contributed by atoms with Crippen molar-refractivity contribution in [3.05, 3.63) is 23.0 Å². The minimum Gasteiger partial charge on any atom is -0.396 e. The van der Waals surface area contributed by atoms with Gasteiger partial charge in [0.25, 0.3) is 0 Å². The van der Waals surface area contributed by atoms with Crippen LogP contribution in [0.5, 0.6) is 0 Å². The number of hydrogen-bond acceptors (Lipinski definition) is 4. The number of nitrogen functional groups attached to an aromatic ring is 1. The lowest BCUT2D eigenvalue weighted by atomic mass is 9.95. The summed E-state index contributed by atoms with van der Waals surface area (Å²) in [5.41, 5.74) is 3.78. The average molecular weight is 339 g/mol. The van der Waals surface area contributed by atoms with Gasteiger partial charge in [0, 0.05) is 11.6 Å². The molecule has 0 amide bonds. The molecule has 1 atom stereocenters. The Balaban J connectivity index is 2.98. The molecule has 1 rings (SSSR count). The molecule has 0 saturated carbocycles. The second-order valence-corrected chi connectivity index (χ2v) is 7.90. The molecule has 0 radical (unpaired) electrons. The molecule has 0 saturated heterocycles. The van der Waals surface area contributed by atoms with Crippen LogP contribution in [-0.2, 0) is 10.0 Å². The van der Waals surface area contributed by atoms with Gasteiger partial charge in [-0.15, -0.1) is 0 Å². The predicted molar refractivity (Wildman–Crippen MR) is 81.1 cm³/mol. The van der Waals surface area contributed by atoms with Crippen molar-refractivity contribution in [2.75, 3.05) is 12.3 Å². The highest BCUT2D eigenvalue weighted by Gasteiger charge is 2.27. The highest BCUT2D eigenvalue weighted by molar-refractivity contribution is 7.89. The maximum Gasteiger partial charge on any atom is 0.243 e. The summed E-state index contributed by atoms with van der Waals surface area (Å²) in [5.74, 6) is -0.876. The molecule has 1 aromatic rings. The van der Waals surface area contributed by atoms with Crippen LogP contribution in [0, 0.1) is 11.7 Å². The zero-order chi connectivity index (χ0) is 16.4. The first kappa shape index (κ1) is 18.2. The van der Waals surface area contributed by atoms with E-state index in [1.54, 1.807) is 0 Å². The van der Waals surface area contributed by atoms with Gasteiger partial charge in [-0.25, -0.2) is 17.5 Å². The van der Waals surface area contributed by atoms with E-state index >= 15 is 0 Å². The summed E-state index contributed by atoms with van der Waals surface area (Å²) < 4.78 is 40.3. The van der Waals surface area contributed by atoms with Crippen LogP contribution in [0.2, 0.25) is 5.02 Å². The highest BCUT2D eigenvalue weighted by Crippen LogP contribution is 2.25. The summed E-state index contributed by atoms with van der Waals surface area (Å²) in [5, 5.41) is 10.1. The van der Waals surface area contributed by atoms with Gasteiger partial charge in [-0.3, -0.25) is 0 Å². The van der Waals surface area contributed by atoms with Crippen molar-refractivity contribution in [3.63, 3.8) is 0 Å². The van der Waals surface area contributed by atoms with Gasteiger partial charge in [0.2, 0.25) is 10.0 Å². The third kappa shape index (κ3) is 5.10. The van der Waals surface area contributed by atoms with E-state index in [-0.39, 0.29) is 23.2 Å². The van der Waals surface area contributed by atoms with Crippen LogP contribution in [-0.4, -0.2) is 25.7 Å². The number of nitrogens with one attached hydrogen (secondary N) is 1. The number of rotatable bonds is 6. The first-order chi connectivity index (χ1) is 9.44. The lowest BCUT2D eigenvalue weighted by Gasteiger charge is -2.25. The van der Waals surface area contributed by atoms with Crippen LogP contribution >= 0.6 is 11.6 Å². The number of halogens is 2. The van der Waals surface area contributed by atoms with Crippen molar-refractivity contribution in [1.82, 2.24) is 4.72 Å². The first-order valence-electron chi connectivity index (χ1n) is 6.41. The largest absolute Gasteiger partial charge is 0.396 e. The van der Waals surface area contributed by atoms with Gasteiger partial charge in [0.05, 0.1) is 11.3 Å². The monoisotopic (exact) mass is 338 g/mol. The fraction of sp³-hybridized carbons (Fsp3) is 0.538. The Labute approximate surface area is 129 Å². The zero-order valence-corrected chi connectivity index (χ0v) is 13.7. The molecule has 0 aliphatic heterocycles. The molecule has 120 valence electrons. The van der Waals surface area contributed by atoms with Gasteiger partial charge in [0.15, 0.2) is 5.82 Å².